The molecular weight excluding hydrogens is 134 g/mol. The molecule has 1 unspecified atom stereocenters. The highest BCUT2D eigenvalue weighted by molar-refractivity contribution is 4.93. The summed E-state index contributed by atoms with van der Waals surface area (Å²) in [5.74, 6) is 0.861. The molecule has 1 nitrogen and oxygen atoms in total. The highest BCUT2D eigenvalue weighted by atomic mass is 14.6. The maximum atomic E-state index is 5.66. The summed E-state index contributed by atoms with van der Waals surface area (Å²) in [4.78, 5) is 0. The Kier molecular flexibility index (Phi) is 6.00. The molecule has 0 heterocycles. The predicted octanol–water partition coefficient (Wildman–Crippen LogP) is 3.07. The molecule has 66 valence electrons. The summed E-state index contributed by atoms with van der Waals surface area (Å²) in [7, 11) is 0. The standard InChI is InChI=1S/C10H21N/c1-4-9(3)7-6-8-10(11)5-2/h5,9H,4,6-8,11H2,1-3H3/b10-5+. The summed E-state index contributed by atoms with van der Waals surface area (Å²) in [5.41, 5.74) is 6.70. The molecule has 1 atom stereocenters. The Morgan fingerprint density at radius 1 is 1.55 bits per heavy atom. The van der Waals surface area contributed by atoms with Crippen LogP contribution in [0.3, 0.4) is 0 Å². The summed E-state index contributed by atoms with van der Waals surface area (Å²) in [6.45, 7) is 6.54. The molecule has 1 heteroatoms. The Morgan fingerprint density at radius 2 is 2.18 bits per heavy atom. The first-order chi connectivity index (χ1) is 5.20. The maximum absolute atomic E-state index is 5.66. The van der Waals surface area contributed by atoms with Gasteiger partial charge in [0.05, 0.1) is 0 Å². The molecule has 0 aliphatic heterocycles. The minimum Gasteiger partial charge on any atom is -0.402 e. The van der Waals surface area contributed by atoms with Crippen molar-refractivity contribution in [2.75, 3.05) is 0 Å². The first-order valence-corrected chi connectivity index (χ1v) is 4.61. The highest BCUT2D eigenvalue weighted by Gasteiger charge is 1.97. The average Bonchev–Trinajstić information content (AvgIpc) is 2.04. The predicted molar refractivity (Wildman–Crippen MR) is 51.3 cm³/mol. The minimum atomic E-state index is 0.861. The van der Waals surface area contributed by atoms with E-state index in [0.29, 0.717) is 0 Å². The second-order valence-electron chi connectivity index (χ2n) is 3.27. The molecule has 0 bridgehead atoms. The zero-order valence-electron chi connectivity index (χ0n) is 8.06. The van der Waals surface area contributed by atoms with Crippen molar-refractivity contribution in [3.05, 3.63) is 11.8 Å². The molecule has 0 aromatic rings. The van der Waals surface area contributed by atoms with Crippen molar-refractivity contribution in [1.82, 2.24) is 0 Å². The monoisotopic (exact) mass is 155 g/mol. The Bertz CT molecular complexity index is 116. The molecule has 0 saturated carbocycles. The Morgan fingerprint density at radius 3 is 2.64 bits per heavy atom. The van der Waals surface area contributed by atoms with E-state index in [0.717, 1.165) is 18.0 Å². The van der Waals surface area contributed by atoms with Crippen molar-refractivity contribution in [2.45, 2.75) is 46.5 Å². The summed E-state index contributed by atoms with van der Waals surface area (Å²) >= 11 is 0. The molecule has 0 spiro atoms. The van der Waals surface area contributed by atoms with Gasteiger partial charge in [0.2, 0.25) is 0 Å². The van der Waals surface area contributed by atoms with Crippen LogP contribution in [0.25, 0.3) is 0 Å². The van der Waals surface area contributed by atoms with Gasteiger partial charge in [-0.1, -0.05) is 32.8 Å². The Labute approximate surface area is 70.7 Å². The second-order valence-corrected chi connectivity index (χ2v) is 3.27. The van der Waals surface area contributed by atoms with Gasteiger partial charge in [-0.3, -0.25) is 0 Å². The fourth-order valence-corrected chi connectivity index (χ4v) is 1.00. The van der Waals surface area contributed by atoms with Crippen molar-refractivity contribution in [2.24, 2.45) is 11.7 Å². The van der Waals surface area contributed by atoms with Crippen LogP contribution in [0.5, 0.6) is 0 Å². The van der Waals surface area contributed by atoms with Crippen LogP contribution in [-0.2, 0) is 0 Å². The maximum Gasteiger partial charge on any atom is 0.00371 e. The lowest BCUT2D eigenvalue weighted by Crippen LogP contribution is -1.98. The first-order valence-electron chi connectivity index (χ1n) is 4.61. The first kappa shape index (κ1) is 10.5. The molecule has 0 aliphatic carbocycles. The lowest BCUT2D eigenvalue weighted by molar-refractivity contribution is 0.494. The molecule has 2 N–H and O–H groups in total. The summed E-state index contributed by atoms with van der Waals surface area (Å²) in [6.07, 6.45) is 6.91. The van der Waals surface area contributed by atoms with Crippen LogP contribution in [0, 0.1) is 5.92 Å². The van der Waals surface area contributed by atoms with Crippen LogP contribution in [0.1, 0.15) is 46.5 Å². The van der Waals surface area contributed by atoms with E-state index in [1.54, 1.807) is 0 Å². The molecule has 0 rings (SSSR count). The van der Waals surface area contributed by atoms with Crippen LogP contribution in [0.4, 0.5) is 0 Å². The van der Waals surface area contributed by atoms with Gasteiger partial charge < -0.3 is 5.73 Å². The van der Waals surface area contributed by atoms with Gasteiger partial charge in [-0.15, -0.1) is 0 Å². The van der Waals surface area contributed by atoms with Crippen LogP contribution in [0.2, 0.25) is 0 Å². The molecule has 0 aliphatic rings. The highest BCUT2D eigenvalue weighted by Crippen LogP contribution is 2.12. The third-order valence-electron chi connectivity index (χ3n) is 2.23. The zero-order chi connectivity index (χ0) is 8.69. The average molecular weight is 155 g/mol. The van der Waals surface area contributed by atoms with E-state index in [9.17, 15) is 0 Å². The van der Waals surface area contributed by atoms with Crippen LogP contribution in [0.15, 0.2) is 11.8 Å². The number of hydrogen-bond donors (Lipinski definition) is 1. The van der Waals surface area contributed by atoms with Gasteiger partial charge in [-0.05, 0) is 25.7 Å². The van der Waals surface area contributed by atoms with Crippen molar-refractivity contribution in [3.63, 3.8) is 0 Å². The number of nitrogens with two attached hydrogens (primary N) is 1. The largest absolute Gasteiger partial charge is 0.402 e. The molecule has 0 saturated heterocycles. The normalized spacial score (nSPS) is 15.0. The van der Waals surface area contributed by atoms with E-state index in [-0.39, 0.29) is 0 Å². The second kappa shape index (κ2) is 6.26. The van der Waals surface area contributed by atoms with Crippen molar-refractivity contribution in [1.29, 1.82) is 0 Å². The van der Waals surface area contributed by atoms with Gasteiger partial charge in [0.25, 0.3) is 0 Å². The minimum absolute atomic E-state index is 0.861. The third kappa shape index (κ3) is 5.96. The van der Waals surface area contributed by atoms with Gasteiger partial charge in [-0.2, -0.15) is 0 Å². The molecule has 0 aromatic heterocycles. The topological polar surface area (TPSA) is 26.0 Å². The molecule has 11 heavy (non-hydrogen) atoms. The van der Waals surface area contributed by atoms with Gasteiger partial charge in [0, 0.05) is 5.70 Å². The summed E-state index contributed by atoms with van der Waals surface area (Å²) in [5, 5.41) is 0. The molecule has 0 radical (unpaired) electrons. The number of allylic oxidation sites excluding steroid dienone is 2. The van der Waals surface area contributed by atoms with Crippen LogP contribution in [-0.4, -0.2) is 0 Å². The van der Waals surface area contributed by atoms with Crippen LogP contribution >= 0.6 is 0 Å². The van der Waals surface area contributed by atoms with Crippen molar-refractivity contribution in [3.8, 4) is 0 Å². The number of hydrogen-bond acceptors (Lipinski definition) is 1. The Balaban J connectivity index is 3.27. The fraction of sp³-hybridized carbons (Fsp3) is 0.800. The van der Waals surface area contributed by atoms with E-state index in [2.05, 4.69) is 13.8 Å². The van der Waals surface area contributed by atoms with Gasteiger partial charge in [0.15, 0.2) is 0 Å². The van der Waals surface area contributed by atoms with Crippen molar-refractivity contribution < 1.29 is 0 Å². The van der Waals surface area contributed by atoms with Crippen LogP contribution < -0.4 is 5.73 Å². The lowest BCUT2D eigenvalue weighted by atomic mass is 10.0. The molecule has 0 amide bonds. The van der Waals surface area contributed by atoms with E-state index in [1.165, 1.54) is 19.3 Å². The molecule has 0 aromatic carbocycles. The Hall–Kier alpha value is -0.460. The van der Waals surface area contributed by atoms with Gasteiger partial charge in [-0.25, -0.2) is 0 Å². The zero-order valence-corrected chi connectivity index (χ0v) is 8.06. The smallest absolute Gasteiger partial charge is 0.00371 e. The summed E-state index contributed by atoms with van der Waals surface area (Å²) < 4.78 is 0. The third-order valence-corrected chi connectivity index (χ3v) is 2.23. The van der Waals surface area contributed by atoms with E-state index >= 15 is 0 Å². The SMILES string of the molecule is C/C=C(/N)CCCC(C)CC. The van der Waals surface area contributed by atoms with Gasteiger partial charge in [0.1, 0.15) is 0 Å². The molecular formula is C10H21N. The molecule has 0 fully saturated rings. The van der Waals surface area contributed by atoms with E-state index < -0.39 is 0 Å². The summed E-state index contributed by atoms with van der Waals surface area (Å²) in [6, 6.07) is 0. The number of rotatable bonds is 5. The quantitative estimate of drug-likeness (QED) is 0.648. The van der Waals surface area contributed by atoms with E-state index in [1.807, 2.05) is 13.0 Å². The van der Waals surface area contributed by atoms with Crippen molar-refractivity contribution >= 4 is 0 Å². The van der Waals surface area contributed by atoms with Gasteiger partial charge >= 0.3 is 0 Å². The lowest BCUT2D eigenvalue weighted by Gasteiger charge is -2.07. The van der Waals surface area contributed by atoms with E-state index in [4.69, 9.17) is 5.73 Å². The fourth-order valence-electron chi connectivity index (χ4n) is 1.00.